The van der Waals surface area contributed by atoms with Gasteiger partial charge in [-0.15, -0.1) is 0 Å². The molecular weight excluding hydrogens is 428 g/mol. The largest absolute Gasteiger partial charge is 0.493 e. The maximum atomic E-state index is 13.2. The minimum absolute atomic E-state index is 0.0285. The van der Waals surface area contributed by atoms with Crippen molar-refractivity contribution in [3.8, 4) is 22.8 Å². The van der Waals surface area contributed by atoms with Gasteiger partial charge >= 0.3 is 5.97 Å². The van der Waals surface area contributed by atoms with Crippen molar-refractivity contribution < 1.29 is 18.7 Å². The third-order valence-corrected chi connectivity index (χ3v) is 5.18. The van der Waals surface area contributed by atoms with Crippen LogP contribution in [0.1, 0.15) is 17.5 Å². The number of halogens is 1. The van der Waals surface area contributed by atoms with Crippen molar-refractivity contribution in [3.63, 3.8) is 0 Å². The maximum absolute atomic E-state index is 13.2. The molecule has 5 nitrogen and oxygen atoms in total. The Morgan fingerprint density at radius 2 is 1.62 bits per heavy atom. The van der Waals surface area contributed by atoms with Gasteiger partial charge < -0.3 is 13.9 Å². The van der Waals surface area contributed by atoms with Crippen molar-refractivity contribution >= 4 is 28.5 Å². The quantitative estimate of drug-likeness (QED) is 0.333. The summed E-state index contributed by atoms with van der Waals surface area (Å²) in [5, 5.41) is 0.881. The Bertz CT molecular complexity index is 1320. The van der Waals surface area contributed by atoms with E-state index in [1.807, 2.05) is 44.2 Å². The standard InChI is InChI=1S/C26H21ClO5/c1-16-3-10-20(11-4-16)30-14-13-23(28)32-26-24(29)21-12-5-17(2)15-22(21)31-25(26)18-6-8-19(27)9-7-18/h3-12,15H,13-14H2,1-2H3. The fraction of sp³-hybridized carbons (Fsp3) is 0.154. The first kappa shape index (κ1) is 21.7. The Morgan fingerprint density at radius 3 is 2.34 bits per heavy atom. The fourth-order valence-corrected chi connectivity index (χ4v) is 3.34. The SMILES string of the molecule is Cc1ccc(OCCC(=O)Oc2c(-c3ccc(Cl)cc3)oc3cc(C)ccc3c2=O)cc1. The van der Waals surface area contributed by atoms with Crippen molar-refractivity contribution in [1.82, 2.24) is 0 Å². The summed E-state index contributed by atoms with van der Waals surface area (Å²) in [4.78, 5) is 25.7. The van der Waals surface area contributed by atoms with Gasteiger partial charge in [0.05, 0.1) is 18.4 Å². The predicted molar refractivity (Wildman–Crippen MR) is 125 cm³/mol. The topological polar surface area (TPSA) is 65.7 Å². The predicted octanol–water partition coefficient (Wildman–Crippen LogP) is 6.10. The summed E-state index contributed by atoms with van der Waals surface area (Å²) >= 11 is 6.00. The molecule has 6 heteroatoms. The van der Waals surface area contributed by atoms with E-state index in [2.05, 4.69) is 0 Å². The molecule has 4 rings (SSSR count). The minimum atomic E-state index is -0.592. The van der Waals surface area contributed by atoms with Gasteiger partial charge in [0.2, 0.25) is 11.2 Å². The van der Waals surface area contributed by atoms with Crippen LogP contribution < -0.4 is 14.9 Å². The number of rotatable bonds is 6. The Morgan fingerprint density at radius 1 is 0.938 bits per heavy atom. The Labute approximate surface area is 190 Å². The molecule has 0 spiro atoms. The van der Waals surface area contributed by atoms with Gasteiger partial charge in [-0.25, -0.2) is 0 Å². The molecule has 0 radical (unpaired) electrons. The third-order valence-electron chi connectivity index (χ3n) is 4.92. The summed E-state index contributed by atoms with van der Waals surface area (Å²) < 4.78 is 17.1. The lowest BCUT2D eigenvalue weighted by atomic mass is 10.1. The van der Waals surface area contributed by atoms with Gasteiger partial charge in [-0.05, 0) is 67.9 Å². The fourth-order valence-electron chi connectivity index (χ4n) is 3.22. The van der Waals surface area contributed by atoms with Gasteiger partial charge in [-0.2, -0.15) is 0 Å². The molecule has 0 bridgehead atoms. The molecule has 0 amide bonds. The van der Waals surface area contributed by atoms with E-state index < -0.39 is 11.4 Å². The second-order valence-electron chi connectivity index (χ2n) is 7.48. The van der Waals surface area contributed by atoms with Crippen molar-refractivity contribution in [2.24, 2.45) is 0 Å². The van der Waals surface area contributed by atoms with Gasteiger partial charge in [0.25, 0.3) is 0 Å². The molecule has 32 heavy (non-hydrogen) atoms. The number of hydrogen-bond donors (Lipinski definition) is 0. The smallest absolute Gasteiger partial charge is 0.314 e. The first-order valence-electron chi connectivity index (χ1n) is 10.1. The van der Waals surface area contributed by atoms with E-state index in [1.54, 1.807) is 36.4 Å². The van der Waals surface area contributed by atoms with E-state index in [0.29, 0.717) is 27.3 Å². The average molecular weight is 449 g/mol. The molecule has 0 atom stereocenters. The average Bonchev–Trinajstić information content (AvgIpc) is 2.77. The van der Waals surface area contributed by atoms with Crippen LogP contribution in [0.25, 0.3) is 22.3 Å². The Hall–Kier alpha value is -3.57. The molecule has 0 aliphatic rings. The highest BCUT2D eigenvalue weighted by Crippen LogP contribution is 2.32. The lowest BCUT2D eigenvalue weighted by Crippen LogP contribution is -2.18. The molecule has 0 unspecified atom stereocenters. The highest BCUT2D eigenvalue weighted by Gasteiger charge is 2.20. The number of carbonyl (C=O) groups is 1. The highest BCUT2D eigenvalue weighted by atomic mass is 35.5. The number of hydrogen-bond acceptors (Lipinski definition) is 5. The first-order valence-corrected chi connectivity index (χ1v) is 10.5. The summed E-state index contributed by atoms with van der Waals surface area (Å²) in [5.74, 6) is 0.0958. The second kappa shape index (κ2) is 9.28. The zero-order chi connectivity index (χ0) is 22.7. The maximum Gasteiger partial charge on any atom is 0.314 e. The molecule has 1 aromatic heterocycles. The second-order valence-corrected chi connectivity index (χ2v) is 7.92. The molecule has 0 fully saturated rings. The van der Waals surface area contributed by atoms with Gasteiger partial charge in [-0.1, -0.05) is 35.4 Å². The van der Waals surface area contributed by atoms with Crippen molar-refractivity contribution in [2.75, 3.05) is 6.61 Å². The van der Waals surface area contributed by atoms with Gasteiger partial charge in [0.1, 0.15) is 11.3 Å². The number of esters is 1. The van der Waals surface area contributed by atoms with Crippen LogP contribution >= 0.6 is 11.6 Å². The molecule has 0 aliphatic heterocycles. The van der Waals surface area contributed by atoms with Crippen LogP contribution in [0.3, 0.4) is 0 Å². The van der Waals surface area contributed by atoms with Crippen LogP contribution in [0.4, 0.5) is 0 Å². The molecule has 0 aliphatic carbocycles. The van der Waals surface area contributed by atoms with Crippen LogP contribution in [0.2, 0.25) is 5.02 Å². The van der Waals surface area contributed by atoms with Gasteiger partial charge in [0, 0.05) is 10.6 Å². The lowest BCUT2D eigenvalue weighted by molar-refractivity contribution is -0.135. The minimum Gasteiger partial charge on any atom is -0.493 e. The number of carbonyl (C=O) groups excluding carboxylic acids is 1. The van der Waals surface area contributed by atoms with Crippen LogP contribution in [-0.4, -0.2) is 12.6 Å². The number of ether oxygens (including phenoxy) is 2. The number of fused-ring (bicyclic) bond motifs is 1. The zero-order valence-electron chi connectivity index (χ0n) is 17.7. The number of aryl methyl sites for hydroxylation is 2. The number of benzene rings is 3. The molecule has 0 saturated heterocycles. The normalized spacial score (nSPS) is 10.8. The summed E-state index contributed by atoms with van der Waals surface area (Å²) in [6.07, 6.45) is -0.0285. The van der Waals surface area contributed by atoms with Gasteiger partial charge in [0.15, 0.2) is 5.76 Å². The van der Waals surface area contributed by atoms with E-state index in [0.717, 1.165) is 11.1 Å². The third kappa shape index (κ3) is 4.84. The highest BCUT2D eigenvalue weighted by molar-refractivity contribution is 6.30. The van der Waals surface area contributed by atoms with E-state index in [4.69, 9.17) is 25.5 Å². The van der Waals surface area contributed by atoms with Crippen molar-refractivity contribution in [3.05, 3.63) is 93.1 Å². The summed E-state index contributed by atoms with van der Waals surface area (Å²) in [5.41, 5.74) is 2.64. The van der Waals surface area contributed by atoms with Crippen molar-refractivity contribution in [2.45, 2.75) is 20.3 Å². The van der Waals surface area contributed by atoms with E-state index in [1.165, 1.54) is 0 Å². The van der Waals surface area contributed by atoms with Crippen molar-refractivity contribution in [1.29, 1.82) is 0 Å². The van der Waals surface area contributed by atoms with Crippen LogP contribution in [0.5, 0.6) is 11.5 Å². The molecule has 162 valence electrons. The van der Waals surface area contributed by atoms with Crippen LogP contribution in [0.15, 0.2) is 75.9 Å². The summed E-state index contributed by atoms with van der Waals surface area (Å²) in [6, 6.07) is 19.5. The Kier molecular flexibility index (Phi) is 6.28. The van der Waals surface area contributed by atoms with Crippen LogP contribution in [0, 0.1) is 13.8 Å². The first-order chi connectivity index (χ1) is 15.4. The molecule has 0 N–H and O–H groups in total. The lowest BCUT2D eigenvalue weighted by Gasteiger charge is -2.11. The molecule has 1 heterocycles. The zero-order valence-corrected chi connectivity index (χ0v) is 18.4. The summed E-state index contributed by atoms with van der Waals surface area (Å²) in [6.45, 7) is 4.01. The van der Waals surface area contributed by atoms with E-state index in [-0.39, 0.29) is 24.5 Å². The molecule has 4 aromatic rings. The summed E-state index contributed by atoms with van der Waals surface area (Å²) in [7, 11) is 0. The van der Waals surface area contributed by atoms with Crippen LogP contribution in [-0.2, 0) is 4.79 Å². The monoisotopic (exact) mass is 448 g/mol. The molecule has 3 aromatic carbocycles. The molecule has 0 saturated carbocycles. The van der Waals surface area contributed by atoms with Gasteiger partial charge in [-0.3, -0.25) is 9.59 Å². The van der Waals surface area contributed by atoms with E-state index >= 15 is 0 Å². The van der Waals surface area contributed by atoms with E-state index in [9.17, 15) is 9.59 Å². The Balaban J connectivity index is 1.61. The molecular formula is C26H21ClO5.